The van der Waals surface area contributed by atoms with E-state index in [9.17, 15) is 8.42 Å². The molecule has 0 aliphatic carbocycles. The van der Waals surface area contributed by atoms with Crippen molar-refractivity contribution in [2.24, 2.45) is 0 Å². The Bertz CT molecular complexity index is 798. The molecular weight excluding hydrogens is 385 g/mol. The van der Waals surface area contributed by atoms with Gasteiger partial charge in [0.15, 0.2) is 0 Å². The van der Waals surface area contributed by atoms with Crippen LogP contribution in [0, 0.1) is 20.8 Å². The Hall–Kier alpha value is -0.776. The van der Waals surface area contributed by atoms with Crippen molar-refractivity contribution in [1.82, 2.24) is 10.2 Å². The van der Waals surface area contributed by atoms with E-state index in [1.165, 1.54) is 0 Å². The number of aryl methyl sites for hydroxylation is 1. The predicted molar refractivity (Wildman–Crippen MR) is 88.3 cm³/mol. The average Bonchev–Trinajstić information content (AvgIpc) is 2.81. The fourth-order valence-electron chi connectivity index (χ4n) is 3.07. The molecule has 0 saturated carbocycles. The summed E-state index contributed by atoms with van der Waals surface area (Å²) in [6.07, 6.45) is 1.27. The summed E-state index contributed by atoms with van der Waals surface area (Å²) in [7, 11) is -2.86. The summed E-state index contributed by atoms with van der Waals surface area (Å²) >= 11 is 0. The Morgan fingerprint density at radius 3 is 2.48 bits per heavy atom. The van der Waals surface area contributed by atoms with Crippen LogP contribution in [0.3, 0.4) is 0 Å². The predicted octanol–water partition coefficient (Wildman–Crippen LogP) is 3.04. The SMILES string of the molecule is [CH2-]c1cc(C)ccc1-c1n[nH]c(C2CCS(=O)(=O)CC2)c1[CH2-].[Y]. The molecule has 1 aromatic carbocycles. The molecule has 2 aromatic rings. The summed E-state index contributed by atoms with van der Waals surface area (Å²) in [5.41, 5.74) is 5.69. The molecule has 0 unspecified atom stereocenters. The van der Waals surface area contributed by atoms with Crippen LogP contribution in [0.25, 0.3) is 11.3 Å². The van der Waals surface area contributed by atoms with Crippen molar-refractivity contribution >= 4 is 9.84 Å². The molecule has 0 atom stereocenters. The van der Waals surface area contributed by atoms with Gasteiger partial charge in [0, 0.05) is 44.2 Å². The molecule has 2 heterocycles. The van der Waals surface area contributed by atoms with Gasteiger partial charge in [-0.15, -0.1) is 11.6 Å². The van der Waals surface area contributed by atoms with Crippen LogP contribution in [-0.2, 0) is 42.5 Å². The number of aromatic amines is 1. The third-order valence-electron chi connectivity index (χ3n) is 4.38. The smallest absolute Gasteiger partial charge is 0.150 e. The molecule has 4 nitrogen and oxygen atoms in total. The van der Waals surface area contributed by atoms with E-state index in [4.69, 9.17) is 0 Å². The molecule has 3 rings (SSSR count). The molecule has 23 heavy (non-hydrogen) atoms. The number of rotatable bonds is 2. The van der Waals surface area contributed by atoms with Gasteiger partial charge in [0.25, 0.3) is 0 Å². The van der Waals surface area contributed by atoms with E-state index in [0.29, 0.717) is 12.8 Å². The maximum absolute atomic E-state index is 11.6. The van der Waals surface area contributed by atoms with Crippen molar-refractivity contribution in [3.05, 3.63) is 54.4 Å². The summed E-state index contributed by atoms with van der Waals surface area (Å²) in [6, 6.07) is 6.07. The van der Waals surface area contributed by atoms with Crippen LogP contribution in [0.5, 0.6) is 0 Å². The maximum atomic E-state index is 11.6. The van der Waals surface area contributed by atoms with Gasteiger partial charge in [0.2, 0.25) is 0 Å². The van der Waals surface area contributed by atoms with E-state index >= 15 is 0 Å². The van der Waals surface area contributed by atoms with E-state index in [0.717, 1.165) is 33.6 Å². The van der Waals surface area contributed by atoms with Crippen molar-refractivity contribution in [2.75, 3.05) is 11.5 Å². The molecule has 121 valence electrons. The average molecular weight is 405 g/mol. The van der Waals surface area contributed by atoms with E-state index in [1.807, 2.05) is 25.1 Å². The molecule has 1 N–H and O–H groups in total. The second-order valence-electron chi connectivity index (χ2n) is 6.05. The largest absolute Gasteiger partial charge is 0.348 e. The Kier molecular flexibility index (Phi) is 5.65. The second-order valence-corrected chi connectivity index (χ2v) is 8.35. The van der Waals surface area contributed by atoms with Gasteiger partial charge in [0.1, 0.15) is 9.84 Å². The van der Waals surface area contributed by atoms with Gasteiger partial charge >= 0.3 is 0 Å². The van der Waals surface area contributed by atoms with Gasteiger partial charge in [-0.2, -0.15) is 36.6 Å². The second kappa shape index (κ2) is 7.00. The minimum atomic E-state index is -2.86. The third kappa shape index (κ3) is 3.84. The number of nitrogens with zero attached hydrogens (tertiary/aromatic N) is 1. The summed E-state index contributed by atoms with van der Waals surface area (Å²) in [5.74, 6) is 0.684. The summed E-state index contributed by atoms with van der Waals surface area (Å²) in [6.45, 7) is 10.3. The van der Waals surface area contributed by atoms with Crippen molar-refractivity contribution in [3.63, 3.8) is 0 Å². The first-order valence-corrected chi connectivity index (χ1v) is 9.23. The van der Waals surface area contributed by atoms with Crippen LogP contribution in [-0.4, -0.2) is 30.1 Å². The van der Waals surface area contributed by atoms with Crippen molar-refractivity contribution < 1.29 is 41.1 Å². The molecule has 1 fully saturated rings. The van der Waals surface area contributed by atoms with E-state index in [1.54, 1.807) is 0 Å². The summed E-state index contributed by atoms with van der Waals surface area (Å²) in [5, 5.41) is 7.49. The molecule has 1 aliphatic heterocycles. The quantitative estimate of drug-likeness (QED) is 0.782. The zero-order valence-electron chi connectivity index (χ0n) is 13.3. The number of benzene rings is 1. The van der Waals surface area contributed by atoms with Crippen molar-refractivity contribution in [1.29, 1.82) is 0 Å². The fourth-order valence-corrected chi connectivity index (χ4v) is 4.56. The van der Waals surface area contributed by atoms with Gasteiger partial charge in [-0.25, -0.2) is 8.42 Å². The third-order valence-corrected chi connectivity index (χ3v) is 6.09. The molecule has 0 spiro atoms. The monoisotopic (exact) mass is 405 g/mol. The van der Waals surface area contributed by atoms with Crippen LogP contribution in [0.4, 0.5) is 0 Å². The van der Waals surface area contributed by atoms with Gasteiger partial charge in [-0.05, 0) is 18.8 Å². The maximum Gasteiger partial charge on any atom is 0.150 e. The van der Waals surface area contributed by atoms with Gasteiger partial charge in [-0.1, -0.05) is 24.4 Å². The first-order valence-electron chi connectivity index (χ1n) is 7.41. The van der Waals surface area contributed by atoms with Crippen LogP contribution in [0.1, 0.15) is 41.1 Å². The molecule has 1 aliphatic rings. The van der Waals surface area contributed by atoms with Crippen LogP contribution < -0.4 is 0 Å². The van der Waals surface area contributed by atoms with E-state index < -0.39 is 9.84 Å². The number of sulfone groups is 1. The molecule has 6 heteroatoms. The number of aromatic nitrogens is 2. The molecular formula is C17H20N2O2SY-2. The Labute approximate surface area is 163 Å². The zero-order valence-corrected chi connectivity index (χ0v) is 17.0. The number of nitrogens with one attached hydrogen (secondary N) is 1. The minimum Gasteiger partial charge on any atom is -0.348 e. The molecule has 1 radical (unpaired) electrons. The molecule has 0 amide bonds. The Morgan fingerprint density at radius 2 is 1.87 bits per heavy atom. The summed E-state index contributed by atoms with van der Waals surface area (Å²) in [4.78, 5) is 0. The van der Waals surface area contributed by atoms with Crippen LogP contribution in [0.15, 0.2) is 18.2 Å². The zero-order chi connectivity index (χ0) is 15.9. The standard InChI is InChI=1S/C17H20N2O2S.Y/c1-11-4-5-15(12(2)10-11)17-13(3)16(18-19-17)14-6-8-22(20,21)9-7-14;/h4-5,10,14H,2-3,6-9H2,1H3,(H,18,19);/q-2;. The van der Waals surface area contributed by atoms with Crippen molar-refractivity contribution in [2.45, 2.75) is 25.7 Å². The van der Waals surface area contributed by atoms with E-state index in [-0.39, 0.29) is 50.1 Å². The van der Waals surface area contributed by atoms with Gasteiger partial charge in [-0.3, -0.25) is 5.10 Å². The molecule has 0 bridgehead atoms. The van der Waals surface area contributed by atoms with Crippen LogP contribution in [0.2, 0.25) is 0 Å². The molecule has 1 saturated heterocycles. The van der Waals surface area contributed by atoms with Crippen molar-refractivity contribution in [3.8, 4) is 11.3 Å². The first kappa shape index (κ1) is 18.6. The van der Waals surface area contributed by atoms with Gasteiger partial charge < -0.3 is 5.10 Å². The van der Waals surface area contributed by atoms with E-state index in [2.05, 4.69) is 24.0 Å². The Morgan fingerprint density at radius 1 is 1.22 bits per heavy atom. The first-order chi connectivity index (χ1) is 10.4. The van der Waals surface area contributed by atoms with Crippen LogP contribution >= 0.6 is 0 Å². The minimum absolute atomic E-state index is 0. The molecule has 1 aromatic heterocycles. The number of H-pyrrole nitrogens is 1. The topological polar surface area (TPSA) is 62.8 Å². The fraction of sp³-hybridized carbons (Fsp3) is 0.353. The summed E-state index contributed by atoms with van der Waals surface area (Å²) < 4.78 is 23.1. The van der Waals surface area contributed by atoms with Gasteiger partial charge in [0.05, 0.1) is 0 Å². The Balaban J connectivity index is 0.00000192. The number of hydrogen-bond donors (Lipinski definition) is 1. The number of hydrogen-bond acceptors (Lipinski definition) is 3. The normalized spacial score (nSPS) is 17.6.